The first-order valence-corrected chi connectivity index (χ1v) is 9.30. The molecule has 26 heavy (non-hydrogen) atoms. The average Bonchev–Trinajstić information content (AvgIpc) is 3.22. The molecule has 0 amide bonds. The van der Waals surface area contributed by atoms with Crippen LogP contribution in [0.2, 0.25) is 0 Å². The molecule has 2 aromatic carbocycles. The van der Waals surface area contributed by atoms with Crippen molar-refractivity contribution in [3.05, 3.63) is 53.9 Å². The lowest BCUT2D eigenvalue weighted by Crippen LogP contribution is -2.34. The van der Waals surface area contributed by atoms with Gasteiger partial charge in [-0.15, -0.1) is 0 Å². The molecule has 1 aromatic heterocycles. The Balaban J connectivity index is 1.53. The normalized spacial score (nSPS) is 20.5. The largest absolute Gasteiger partial charge is 0.441 e. The van der Waals surface area contributed by atoms with Crippen LogP contribution in [0.15, 0.2) is 46.9 Å². The van der Waals surface area contributed by atoms with Gasteiger partial charge in [0.05, 0.1) is 11.6 Å². The van der Waals surface area contributed by atoms with Gasteiger partial charge in [0.25, 0.3) is 0 Å². The van der Waals surface area contributed by atoms with Gasteiger partial charge in [0.1, 0.15) is 5.52 Å². The van der Waals surface area contributed by atoms with Crippen LogP contribution in [0.25, 0.3) is 22.2 Å². The summed E-state index contributed by atoms with van der Waals surface area (Å²) in [6.45, 7) is 5.61. The van der Waals surface area contributed by atoms with Crippen LogP contribution in [0.1, 0.15) is 38.1 Å². The lowest BCUT2D eigenvalue weighted by Gasteiger charge is -2.25. The Morgan fingerprint density at radius 3 is 2.46 bits per heavy atom. The summed E-state index contributed by atoms with van der Waals surface area (Å²) in [6.07, 6.45) is 3.40. The topological polar surface area (TPSA) is 53.1 Å². The van der Waals surface area contributed by atoms with Gasteiger partial charge in [-0.05, 0) is 62.1 Å². The van der Waals surface area contributed by atoms with Crippen molar-refractivity contribution < 1.29 is 4.42 Å². The number of hydrogen-bond acceptors (Lipinski definition) is 4. The van der Waals surface area contributed by atoms with Crippen LogP contribution < -0.4 is 0 Å². The van der Waals surface area contributed by atoms with E-state index in [1.54, 1.807) is 0 Å². The number of aromatic nitrogens is 1. The van der Waals surface area contributed by atoms with E-state index in [0.29, 0.717) is 17.6 Å². The summed E-state index contributed by atoms with van der Waals surface area (Å²) >= 11 is 0. The minimum absolute atomic E-state index is 0.650. The van der Waals surface area contributed by atoms with E-state index >= 15 is 0 Å². The summed E-state index contributed by atoms with van der Waals surface area (Å²) in [5.41, 5.74) is 4.56. The fourth-order valence-corrected chi connectivity index (χ4v) is 3.91. The third-order valence-corrected chi connectivity index (χ3v) is 5.50. The number of likely N-dealkylation sites (tertiary alicyclic amines) is 1. The van der Waals surface area contributed by atoms with E-state index in [0.717, 1.165) is 41.1 Å². The van der Waals surface area contributed by atoms with E-state index in [1.807, 2.05) is 36.4 Å². The highest BCUT2D eigenvalue weighted by atomic mass is 16.3. The average molecular weight is 345 g/mol. The van der Waals surface area contributed by atoms with Gasteiger partial charge in [-0.2, -0.15) is 5.26 Å². The molecule has 0 saturated carbocycles. The quantitative estimate of drug-likeness (QED) is 0.683. The molecule has 0 spiro atoms. The summed E-state index contributed by atoms with van der Waals surface area (Å²) in [4.78, 5) is 7.25. The molecule has 1 aliphatic heterocycles. The fourth-order valence-electron chi connectivity index (χ4n) is 3.91. The van der Waals surface area contributed by atoms with Crippen LogP contribution in [0.4, 0.5) is 0 Å². The second kappa shape index (κ2) is 6.93. The molecule has 4 heteroatoms. The van der Waals surface area contributed by atoms with Crippen molar-refractivity contribution in [3.8, 4) is 17.2 Å². The van der Waals surface area contributed by atoms with Crippen LogP contribution in [-0.4, -0.2) is 28.5 Å². The second-order valence-electron chi connectivity index (χ2n) is 7.24. The smallest absolute Gasteiger partial charge is 0.196 e. The standard InChI is InChI=1S/C22H23N3O/c1-15-3-4-16(2)25(15)12-11-22-24-20-13-19(9-10-21(20)26-22)18-7-5-17(14-23)6-8-18/h5-10,13,15-16H,3-4,11-12H2,1-2H3. The Kier molecular flexibility index (Phi) is 4.48. The highest BCUT2D eigenvalue weighted by molar-refractivity contribution is 5.80. The minimum atomic E-state index is 0.650. The molecule has 4 rings (SSSR count). The summed E-state index contributed by atoms with van der Waals surface area (Å²) in [5.74, 6) is 0.809. The summed E-state index contributed by atoms with van der Waals surface area (Å²) in [6, 6.07) is 17.2. The zero-order valence-corrected chi connectivity index (χ0v) is 15.3. The molecule has 4 nitrogen and oxygen atoms in total. The minimum Gasteiger partial charge on any atom is -0.441 e. The predicted molar refractivity (Wildman–Crippen MR) is 103 cm³/mol. The summed E-state index contributed by atoms with van der Waals surface area (Å²) < 4.78 is 5.94. The number of fused-ring (bicyclic) bond motifs is 1. The van der Waals surface area contributed by atoms with Crippen LogP contribution in [-0.2, 0) is 6.42 Å². The summed E-state index contributed by atoms with van der Waals surface area (Å²) in [7, 11) is 0. The molecule has 0 N–H and O–H groups in total. The molecule has 2 unspecified atom stereocenters. The number of rotatable bonds is 4. The van der Waals surface area contributed by atoms with Gasteiger partial charge in [0, 0.05) is 25.0 Å². The Labute approximate surface area is 154 Å². The maximum Gasteiger partial charge on any atom is 0.196 e. The van der Waals surface area contributed by atoms with Crippen LogP contribution in [0.5, 0.6) is 0 Å². The van der Waals surface area contributed by atoms with Crippen molar-refractivity contribution in [3.63, 3.8) is 0 Å². The lowest BCUT2D eigenvalue weighted by atomic mass is 10.0. The Bertz CT molecular complexity index is 942. The highest BCUT2D eigenvalue weighted by Crippen LogP contribution is 2.27. The molecular formula is C22H23N3O. The number of nitriles is 1. The number of oxazole rings is 1. The molecule has 3 aromatic rings. The number of hydrogen-bond donors (Lipinski definition) is 0. The maximum absolute atomic E-state index is 8.93. The van der Waals surface area contributed by atoms with E-state index in [1.165, 1.54) is 12.8 Å². The van der Waals surface area contributed by atoms with Gasteiger partial charge in [-0.3, -0.25) is 4.90 Å². The van der Waals surface area contributed by atoms with E-state index < -0.39 is 0 Å². The maximum atomic E-state index is 8.93. The second-order valence-corrected chi connectivity index (χ2v) is 7.24. The first-order chi connectivity index (χ1) is 12.6. The van der Waals surface area contributed by atoms with Crippen LogP contribution >= 0.6 is 0 Å². The molecule has 132 valence electrons. The van der Waals surface area contributed by atoms with Crippen molar-refractivity contribution in [1.29, 1.82) is 5.26 Å². The van der Waals surface area contributed by atoms with Crippen molar-refractivity contribution in [1.82, 2.24) is 9.88 Å². The predicted octanol–water partition coefficient (Wildman–Crippen LogP) is 4.78. The molecular weight excluding hydrogens is 322 g/mol. The van der Waals surface area contributed by atoms with Gasteiger partial charge in [-0.25, -0.2) is 4.98 Å². The van der Waals surface area contributed by atoms with Crippen molar-refractivity contribution in [2.45, 2.75) is 45.2 Å². The molecule has 2 atom stereocenters. The van der Waals surface area contributed by atoms with Crippen molar-refractivity contribution >= 4 is 11.1 Å². The van der Waals surface area contributed by atoms with Crippen molar-refractivity contribution in [2.75, 3.05) is 6.54 Å². The van der Waals surface area contributed by atoms with Gasteiger partial charge >= 0.3 is 0 Å². The van der Waals surface area contributed by atoms with E-state index in [2.05, 4.69) is 30.9 Å². The molecule has 1 aliphatic rings. The first kappa shape index (κ1) is 16.8. The molecule has 0 aliphatic carbocycles. The van der Waals surface area contributed by atoms with Crippen LogP contribution in [0, 0.1) is 11.3 Å². The molecule has 0 bridgehead atoms. The monoisotopic (exact) mass is 345 g/mol. The van der Waals surface area contributed by atoms with E-state index in [-0.39, 0.29) is 0 Å². The van der Waals surface area contributed by atoms with E-state index in [4.69, 9.17) is 14.7 Å². The molecule has 2 heterocycles. The Hall–Kier alpha value is -2.64. The lowest BCUT2D eigenvalue weighted by molar-refractivity contribution is 0.212. The molecule has 0 radical (unpaired) electrons. The first-order valence-electron chi connectivity index (χ1n) is 9.30. The Morgan fingerprint density at radius 1 is 1.08 bits per heavy atom. The number of benzene rings is 2. The number of nitrogens with zero attached hydrogens (tertiary/aromatic N) is 3. The van der Waals surface area contributed by atoms with Gasteiger partial charge < -0.3 is 4.42 Å². The zero-order chi connectivity index (χ0) is 18.1. The van der Waals surface area contributed by atoms with E-state index in [9.17, 15) is 0 Å². The van der Waals surface area contributed by atoms with Gasteiger partial charge in [-0.1, -0.05) is 18.2 Å². The summed E-state index contributed by atoms with van der Waals surface area (Å²) in [5, 5.41) is 8.93. The highest BCUT2D eigenvalue weighted by Gasteiger charge is 2.27. The molecule has 1 saturated heterocycles. The van der Waals surface area contributed by atoms with Crippen LogP contribution in [0.3, 0.4) is 0 Å². The van der Waals surface area contributed by atoms with Crippen molar-refractivity contribution in [2.24, 2.45) is 0 Å². The third-order valence-electron chi connectivity index (χ3n) is 5.50. The molecule has 1 fully saturated rings. The SMILES string of the molecule is CC1CCC(C)N1CCc1nc2cc(-c3ccc(C#N)cc3)ccc2o1. The Morgan fingerprint density at radius 2 is 1.77 bits per heavy atom. The van der Waals surface area contributed by atoms with Gasteiger partial charge in [0.15, 0.2) is 11.5 Å². The zero-order valence-electron chi connectivity index (χ0n) is 15.3. The van der Waals surface area contributed by atoms with Gasteiger partial charge in [0.2, 0.25) is 0 Å². The fraction of sp³-hybridized carbons (Fsp3) is 0.364. The third kappa shape index (κ3) is 3.23.